The molecule has 1 aromatic rings. The van der Waals surface area contributed by atoms with Crippen LogP contribution in [0.3, 0.4) is 0 Å². The molecule has 0 saturated carbocycles. The maximum atomic E-state index is 5.09. The summed E-state index contributed by atoms with van der Waals surface area (Å²) >= 11 is 1.91. The molecule has 110 valence electrons. The summed E-state index contributed by atoms with van der Waals surface area (Å²) in [6.07, 6.45) is 1.10. The van der Waals surface area contributed by atoms with Gasteiger partial charge in [-0.2, -0.15) is 0 Å². The van der Waals surface area contributed by atoms with Crippen LogP contribution in [0.2, 0.25) is 0 Å². The lowest BCUT2D eigenvalue weighted by Crippen LogP contribution is -2.21. The van der Waals surface area contributed by atoms with Crippen molar-refractivity contribution in [2.24, 2.45) is 0 Å². The van der Waals surface area contributed by atoms with Crippen molar-refractivity contribution in [2.75, 3.05) is 27.3 Å². The first kappa shape index (κ1) is 16.6. The quantitative estimate of drug-likeness (QED) is 0.706. The Balaban J connectivity index is 2.44. The Hall–Kier alpha value is -0.420. The van der Waals surface area contributed by atoms with Gasteiger partial charge in [0.1, 0.15) is 0 Å². The van der Waals surface area contributed by atoms with E-state index < -0.39 is 0 Å². The molecule has 1 N–H and O–H groups in total. The average Bonchev–Trinajstić information content (AvgIpc) is 2.68. The van der Waals surface area contributed by atoms with E-state index in [0.717, 1.165) is 32.7 Å². The highest BCUT2D eigenvalue weighted by molar-refractivity contribution is 7.12. The predicted octanol–water partition coefficient (Wildman–Crippen LogP) is 3.02. The van der Waals surface area contributed by atoms with Gasteiger partial charge < -0.3 is 15.0 Å². The second-order valence-corrected chi connectivity index (χ2v) is 6.75. The maximum Gasteiger partial charge on any atom is 0.0474 e. The summed E-state index contributed by atoms with van der Waals surface area (Å²) in [5.41, 5.74) is 1.46. The summed E-state index contributed by atoms with van der Waals surface area (Å²) in [5.74, 6) is 0. The molecule has 1 heterocycles. The Labute approximate surface area is 122 Å². The summed E-state index contributed by atoms with van der Waals surface area (Å²) < 4.78 is 5.09. The molecule has 0 saturated heterocycles. The molecule has 0 aliphatic carbocycles. The van der Waals surface area contributed by atoms with E-state index in [1.165, 1.54) is 15.3 Å². The van der Waals surface area contributed by atoms with Crippen molar-refractivity contribution in [3.05, 3.63) is 21.4 Å². The zero-order chi connectivity index (χ0) is 14.3. The van der Waals surface area contributed by atoms with Gasteiger partial charge in [-0.1, -0.05) is 13.8 Å². The number of hydrogen-bond acceptors (Lipinski definition) is 4. The number of rotatable bonds is 9. The van der Waals surface area contributed by atoms with Crippen LogP contribution in [-0.2, 0) is 17.8 Å². The van der Waals surface area contributed by atoms with E-state index in [9.17, 15) is 0 Å². The average molecular weight is 284 g/mol. The van der Waals surface area contributed by atoms with Crippen molar-refractivity contribution in [2.45, 2.75) is 46.3 Å². The van der Waals surface area contributed by atoms with Gasteiger partial charge in [-0.3, -0.25) is 0 Å². The van der Waals surface area contributed by atoms with Crippen molar-refractivity contribution in [3.8, 4) is 0 Å². The molecular formula is C15H28N2OS. The minimum atomic E-state index is 0.544. The summed E-state index contributed by atoms with van der Waals surface area (Å²) in [5, 5.41) is 3.48. The van der Waals surface area contributed by atoms with Gasteiger partial charge in [0.15, 0.2) is 0 Å². The Morgan fingerprint density at radius 3 is 2.79 bits per heavy atom. The van der Waals surface area contributed by atoms with E-state index in [1.54, 1.807) is 7.11 Å². The normalized spacial score (nSPS) is 11.7. The van der Waals surface area contributed by atoms with Gasteiger partial charge in [0.05, 0.1) is 0 Å². The molecule has 0 fully saturated rings. The molecule has 0 amide bonds. The number of nitrogens with one attached hydrogen (secondary N) is 1. The molecule has 1 aromatic heterocycles. The number of ether oxygens (including phenoxy) is 1. The van der Waals surface area contributed by atoms with Crippen molar-refractivity contribution in [1.82, 2.24) is 10.2 Å². The summed E-state index contributed by atoms with van der Waals surface area (Å²) in [6, 6.07) is 2.89. The molecule has 0 atom stereocenters. The second kappa shape index (κ2) is 8.69. The van der Waals surface area contributed by atoms with Crippen molar-refractivity contribution in [1.29, 1.82) is 0 Å². The smallest absolute Gasteiger partial charge is 0.0474 e. The van der Waals surface area contributed by atoms with Gasteiger partial charge in [-0.25, -0.2) is 0 Å². The fourth-order valence-electron chi connectivity index (χ4n) is 1.99. The van der Waals surface area contributed by atoms with Crippen LogP contribution in [0.1, 0.15) is 35.6 Å². The molecule has 3 nitrogen and oxygen atoms in total. The van der Waals surface area contributed by atoms with E-state index >= 15 is 0 Å². The predicted molar refractivity (Wildman–Crippen MR) is 83.9 cm³/mol. The lowest BCUT2D eigenvalue weighted by Gasteiger charge is -2.16. The van der Waals surface area contributed by atoms with Gasteiger partial charge in [-0.05, 0) is 32.0 Å². The molecule has 0 aromatic carbocycles. The van der Waals surface area contributed by atoms with Crippen LogP contribution in [0.15, 0.2) is 6.07 Å². The topological polar surface area (TPSA) is 24.5 Å². The molecule has 0 radical (unpaired) electrons. The van der Waals surface area contributed by atoms with E-state index in [4.69, 9.17) is 4.74 Å². The Kier molecular flexibility index (Phi) is 7.61. The summed E-state index contributed by atoms with van der Waals surface area (Å²) in [7, 11) is 3.94. The Morgan fingerprint density at radius 2 is 2.16 bits per heavy atom. The lowest BCUT2D eigenvalue weighted by molar-refractivity contribution is 0.178. The standard InChI is InChI=1S/C15H28N2OS/c1-12(2)16-10-15-9-14(13(3)19-15)11-17(4)7-6-8-18-5/h9,12,16H,6-8,10-11H2,1-5H3. The van der Waals surface area contributed by atoms with Crippen molar-refractivity contribution in [3.63, 3.8) is 0 Å². The first-order chi connectivity index (χ1) is 9.02. The van der Waals surface area contributed by atoms with Gasteiger partial charge in [0, 0.05) is 49.1 Å². The SMILES string of the molecule is COCCCN(C)Cc1cc(CNC(C)C)sc1C. The minimum Gasteiger partial charge on any atom is -0.385 e. The second-order valence-electron chi connectivity index (χ2n) is 5.41. The first-order valence-electron chi connectivity index (χ1n) is 7.02. The van der Waals surface area contributed by atoms with Crippen LogP contribution >= 0.6 is 11.3 Å². The molecule has 0 unspecified atom stereocenters. The van der Waals surface area contributed by atoms with Crippen LogP contribution < -0.4 is 5.32 Å². The highest BCUT2D eigenvalue weighted by Gasteiger charge is 2.08. The first-order valence-corrected chi connectivity index (χ1v) is 7.83. The number of hydrogen-bond donors (Lipinski definition) is 1. The Bertz CT molecular complexity index is 363. The van der Waals surface area contributed by atoms with Crippen LogP contribution in [0.4, 0.5) is 0 Å². The number of aryl methyl sites for hydroxylation is 1. The fourth-order valence-corrected chi connectivity index (χ4v) is 2.99. The summed E-state index contributed by atoms with van der Waals surface area (Å²) in [4.78, 5) is 5.25. The largest absolute Gasteiger partial charge is 0.385 e. The molecule has 19 heavy (non-hydrogen) atoms. The Morgan fingerprint density at radius 1 is 1.42 bits per heavy atom. The zero-order valence-electron chi connectivity index (χ0n) is 13.0. The molecule has 4 heteroatoms. The third-order valence-electron chi connectivity index (χ3n) is 3.08. The number of thiophene rings is 1. The maximum absolute atomic E-state index is 5.09. The molecule has 0 spiro atoms. The third-order valence-corrected chi connectivity index (χ3v) is 4.18. The number of nitrogens with zero attached hydrogens (tertiary/aromatic N) is 1. The van der Waals surface area contributed by atoms with Gasteiger partial charge in [0.2, 0.25) is 0 Å². The molecule has 0 aliphatic rings. The van der Waals surface area contributed by atoms with Crippen LogP contribution in [-0.4, -0.2) is 38.3 Å². The highest BCUT2D eigenvalue weighted by atomic mass is 32.1. The molecule has 1 rings (SSSR count). The van der Waals surface area contributed by atoms with Crippen molar-refractivity contribution < 1.29 is 4.74 Å². The number of methoxy groups -OCH3 is 1. The van der Waals surface area contributed by atoms with Gasteiger partial charge >= 0.3 is 0 Å². The van der Waals surface area contributed by atoms with Gasteiger partial charge in [-0.15, -0.1) is 11.3 Å². The van der Waals surface area contributed by atoms with E-state index in [0.29, 0.717) is 6.04 Å². The van der Waals surface area contributed by atoms with Crippen LogP contribution in [0.5, 0.6) is 0 Å². The van der Waals surface area contributed by atoms with E-state index in [-0.39, 0.29) is 0 Å². The monoisotopic (exact) mass is 284 g/mol. The third kappa shape index (κ3) is 6.52. The van der Waals surface area contributed by atoms with Crippen LogP contribution in [0, 0.1) is 6.92 Å². The van der Waals surface area contributed by atoms with E-state index in [1.807, 2.05) is 11.3 Å². The van der Waals surface area contributed by atoms with E-state index in [2.05, 4.69) is 44.1 Å². The molecule has 0 aliphatic heterocycles. The zero-order valence-corrected chi connectivity index (χ0v) is 13.8. The highest BCUT2D eigenvalue weighted by Crippen LogP contribution is 2.22. The molecular weight excluding hydrogens is 256 g/mol. The minimum absolute atomic E-state index is 0.544. The van der Waals surface area contributed by atoms with Gasteiger partial charge in [0.25, 0.3) is 0 Å². The van der Waals surface area contributed by atoms with Crippen molar-refractivity contribution >= 4 is 11.3 Å². The summed E-state index contributed by atoms with van der Waals surface area (Å²) in [6.45, 7) is 10.5. The van der Waals surface area contributed by atoms with Crippen LogP contribution in [0.25, 0.3) is 0 Å². The lowest BCUT2D eigenvalue weighted by atomic mass is 10.2. The fraction of sp³-hybridized carbons (Fsp3) is 0.733. The molecule has 0 bridgehead atoms.